The fraction of sp³-hybridized carbons (Fsp3) is 0.533. The van der Waals surface area contributed by atoms with Crippen molar-refractivity contribution in [3.63, 3.8) is 0 Å². The van der Waals surface area contributed by atoms with Gasteiger partial charge in [-0.3, -0.25) is 9.69 Å². The molecular formula is C15H19F3N2O. The molecule has 3 nitrogen and oxygen atoms in total. The van der Waals surface area contributed by atoms with Gasteiger partial charge in [-0.25, -0.2) is 0 Å². The molecule has 6 heteroatoms. The van der Waals surface area contributed by atoms with Gasteiger partial charge in [-0.15, -0.1) is 0 Å². The van der Waals surface area contributed by atoms with Crippen LogP contribution in [-0.4, -0.2) is 36.1 Å². The molecule has 0 radical (unpaired) electrons. The molecule has 2 unspecified atom stereocenters. The second-order valence-electron chi connectivity index (χ2n) is 5.43. The van der Waals surface area contributed by atoms with Crippen molar-refractivity contribution in [3.8, 4) is 0 Å². The normalized spacial score (nSPS) is 21.2. The molecule has 2 rings (SSSR count). The van der Waals surface area contributed by atoms with Crippen LogP contribution in [0.2, 0.25) is 0 Å². The second kappa shape index (κ2) is 6.47. The van der Waals surface area contributed by atoms with Crippen molar-refractivity contribution in [2.75, 3.05) is 13.1 Å². The highest BCUT2D eigenvalue weighted by Gasteiger charge is 2.33. The molecule has 1 aliphatic heterocycles. The van der Waals surface area contributed by atoms with Crippen molar-refractivity contribution in [2.45, 2.75) is 38.0 Å². The van der Waals surface area contributed by atoms with E-state index in [1.54, 1.807) is 0 Å². The molecule has 0 bridgehead atoms. The largest absolute Gasteiger partial charge is 0.397 e. The van der Waals surface area contributed by atoms with Gasteiger partial charge in [-0.05, 0) is 18.9 Å². The van der Waals surface area contributed by atoms with Gasteiger partial charge in [0.15, 0.2) is 0 Å². The van der Waals surface area contributed by atoms with E-state index in [4.69, 9.17) is 0 Å². The maximum Gasteiger partial charge on any atom is 0.397 e. The number of likely N-dealkylation sites (tertiary alicyclic amines) is 1. The van der Waals surface area contributed by atoms with Crippen LogP contribution < -0.4 is 5.32 Å². The maximum atomic E-state index is 12.1. The Bertz CT molecular complexity index is 476. The number of hydrogen-bond acceptors (Lipinski definition) is 2. The van der Waals surface area contributed by atoms with E-state index in [0.717, 1.165) is 6.54 Å². The number of alkyl halides is 3. The molecule has 0 aliphatic carbocycles. The van der Waals surface area contributed by atoms with Gasteiger partial charge in [-0.2, -0.15) is 13.2 Å². The zero-order valence-electron chi connectivity index (χ0n) is 11.9. The lowest BCUT2D eigenvalue weighted by Gasteiger charge is -2.24. The summed E-state index contributed by atoms with van der Waals surface area (Å²) < 4.78 is 36.4. The molecule has 1 heterocycles. The Morgan fingerprint density at radius 2 is 2.05 bits per heavy atom. The molecule has 1 aromatic carbocycles. The van der Waals surface area contributed by atoms with Gasteiger partial charge in [0.1, 0.15) is 6.42 Å². The van der Waals surface area contributed by atoms with Crippen molar-refractivity contribution >= 4 is 5.91 Å². The van der Waals surface area contributed by atoms with Crippen molar-refractivity contribution in [1.29, 1.82) is 0 Å². The molecule has 0 spiro atoms. The minimum absolute atomic E-state index is 0.190. The van der Waals surface area contributed by atoms with Crippen molar-refractivity contribution < 1.29 is 18.0 Å². The number of rotatable bonds is 4. The average Bonchev–Trinajstić information content (AvgIpc) is 2.85. The van der Waals surface area contributed by atoms with Gasteiger partial charge in [0, 0.05) is 25.2 Å². The predicted octanol–water partition coefficient (Wildman–Crippen LogP) is 2.89. The smallest absolute Gasteiger partial charge is 0.352 e. The Hall–Kier alpha value is -1.56. The van der Waals surface area contributed by atoms with Gasteiger partial charge >= 0.3 is 6.18 Å². The molecule has 116 valence electrons. The van der Waals surface area contributed by atoms with Crippen LogP contribution in [0.1, 0.15) is 31.4 Å². The number of benzene rings is 1. The molecule has 1 aliphatic rings. The first-order chi connectivity index (χ1) is 9.85. The molecular weight excluding hydrogens is 281 g/mol. The quantitative estimate of drug-likeness (QED) is 0.927. The van der Waals surface area contributed by atoms with E-state index >= 15 is 0 Å². The zero-order chi connectivity index (χ0) is 15.5. The minimum Gasteiger partial charge on any atom is -0.352 e. The Kier molecular flexibility index (Phi) is 4.88. The van der Waals surface area contributed by atoms with E-state index in [-0.39, 0.29) is 12.1 Å². The highest BCUT2D eigenvalue weighted by atomic mass is 19.4. The Labute approximate surface area is 122 Å². The van der Waals surface area contributed by atoms with Gasteiger partial charge < -0.3 is 5.32 Å². The Morgan fingerprint density at radius 3 is 2.67 bits per heavy atom. The van der Waals surface area contributed by atoms with Crippen LogP contribution >= 0.6 is 0 Å². The predicted molar refractivity (Wildman–Crippen MR) is 73.6 cm³/mol. The van der Waals surface area contributed by atoms with Crippen LogP contribution in [0.25, 0.3) is 0 Å². The third kappa shape index (κ3) is 4.74. The Balaban J connectivity index is 1.85. The zero-order valence-corrected chi connectivity index (χ0v) is 11.9. The van der Waals surface area contributed by atoms with Gasteiger partial charge in [0.2, 0.25) is 5.91 Å². The summed E-state index contributed by atoms with van der Waals surface area (Å²) in [6.07, 6.45) is -5.17. The summed E-state index contributed by atoms with van der Waals surface area (Å²) in [5.41, 5.74) is 1.17. The fourth-order valence-corrected chi connectivity index (χ4v) is 2.66. The van der Waals surface area contributed by atoms with Crippen LogP contribution in [0.3, 0.4) is 0 Å². The van der Waals surface area contributed by atoms with Crippen molar-refractivity contribution in [1.82, 2.24) is 10.2 Å². The van der Waals surface area contributed by atoms with Crippen LogP contribution in [0.4, 0.5) is 13.2 Å². The van der Waals surface area contributed by atoms with Crippen molar-refractivity contribution in [2.24, 2.45) is 0 Å². The van der Waals surface area contributed by atoms with Gasteiger partial charge in [0.25, 0.3) is 0 Å². The number of nitrogens with one attached hydrogen (secondary N) is 1. The molecule has 0 saturated carbocycles. The number of carbonyl (C=O) groups is 1. The summed E-state index contributed by atoms with van der Waals surface area (Å²) in [6.45, 7) is 3.42. The Morgan fingerprint density at radius 1 is 1.38 bits per heavy atom. The van der Waals surface area contributed by atoms with Gasteiger partial charge in [-0.1, -0.05) is 30.3 Å². The highest BCUT2D eigenvalue weighted by Crippen LogP contribution is 2.25. The number of nitrogens with zero attached hydrogens (tertiary/aromatic N) is 1. The molecule has 1 N–H and O–H groups in total. The number of carbonyl (C=O) groups excluding carboxylic acids is 1. The molecule has 1 amide bonds. The summed E-state index contributed by atoms with van der Waals surface area (Å²) >= 11 is 0. The molecule has 1 fully saturated rings. The first kappa shape index (κ1) is 15.8. The van der Waals surface area contributed by atoms with E-state index in [0.29, 0.717) is 13.0 Å². The molecule has 1 aromatic rings. The van der Waals surface area contributed by atoms with Crippen LogP contribution in [-0.2, 0) is 4.79 Å². The maximum absolute atomic E-state index is 12.1. The van der Waals surface area contributed by atoms with E-state index in [1.165, 1.54) is 5.56 Å². The minimum atomic E-state index is -4.44. The topological polar surface area (TPSA) is 32.3 Å². The SMILES string of the molecule is CC(c1ccccc1)N1CCC(NC(=O)CC(F)(F)F)C1. The molecule has 21 heavy (non-hydrogen) atoms. The molecule has 1 saturated heterocycles. The summed E-state index contributed by atoms with van der Waals surface area (Å²) in [5.74, 6) is -0.943. The van der Waals surface area contributed by atoms with E-state index < -0.39 is 18.5 Å². The number of hydrogen-bond donors (Lipinski definition) is 1. The lowest BCUT2D eigenvalue weighted by Crippen LogP contribution is -2.39. The number of halogens is 3. The lowest BCUT2D eigenvalue weighted by molar-refractivity contribution is -0.154. The van der Waals surface area contributed by atoms with Crippen LogP contribution in [0.15, 0.2) is 30.3 Å². The summed E-state index contributed by atoms with van der Waals surface area (Å²) in [7, 11) is 0. The average molecular weight is 300 g/mol. The van der Waals surface area contributed by atoms with Crippen LogP contribution in [0, 0.1) is 0 Å². The van der Waals surface area contributed by atoms with Gasteiger partial charge in [0.05, 0.1) is 0 Å². The summed E-state index contributed by atoms with van der Waals surface area (Å²) in [4.78, 5) is 13.5. The number of amides is 1. The second-order valence-corrected chi connectivity index (χ2v) is 5.43. The first-order valence-electron chi connectivity index (χ1n) is 7.00. The highest BCUT2D eigenvalue weighted by molar-refractivity contribution is 5.76. The van der Waals surface area contributed by atoms with E-state index in [2.05, 4.69) is 17.1 Å². The molecule has 0 aromatic heterocycles. The van der Waals surface area contributed by atoms with E-state index in [1.807, 2.05) is 30.3 Å². The third-order valence-corrected chi connectivity index (χ3v) is 3.78. The fourth-order valence-electron chi connectivity index (χ4n) is 2.66. The summed E-state index contributed by atoms with van der Waals surface area (Å²) in [6, 6.07) is 9.91. The first-order valence-corrected chi connectivity index (χ1v) is 7.00. The summed E-state index contributed by atoms with van der Waals surface area (Å²) in [5, 5.41) is 2.47. The molecule has 2 atom stereocenters. The van der Waals surface area contributed by atoms with Crippen LogP contribution in [0.5, 0.6) is 0 Å². The third-order valence-electron chi connectivity index (χ3n) is 3.78. The van der Waals surface area contributed by atoms with E-state index in [9.17, 15) is 18.0 Å². The standard InChI is InChI=1S/C15H19F3N2O/c1-11(12-5-3-2-4-6-12)20-8-7-13(10-20)19-14(21)9-15(16,17)18/h2-6,11,13H,7-10H2,1H3,(H,19,21). The lowest BCUT2D eigenvalue weighted by atomic mass is 10.1. The van der Waals surface area contributed by atoms with Crippen molar-refractivity contribution in [3.05, 3.63) is 35.9 Å². The monoisotopic (exact) mass is 300 g/mol.